The zero-order valence-electron chi connectivity index (χ0n) is 27.3. The number of benzene rings is 5. The molecule has 1 aliphatic heterocycles. The first-order valence-electron chi connectivity index (χ1n) is 16.5. The molecule has 50 heavy (non-hydrogen) atoms. The van der Waals surface area contributed by atoms with Gasteiger partial charge in [0, 0.05) is 10.6 Å². The van der Waals surface area contributed by atoms with Crippen LogP contribution in [0.4, 0.5) is 8.78 Å². The number of rotatable bonds is 15. The fourth-order valence-electron chi connectivity index (χ4n) is 6.01. The summed E-state index contributed by atoms with van der Waals surface area (Å²) in [6, 6.07) is 42.8. The van der Waals surface area contributed by atoms with Gasteiger partial charge in [0.15, 0.2) is 0 Å². The summed E-state index contributed by atoms with van der Waals surface area (Å²) in [5.41, 5.74) is 2.60. The van der Waals surface area contributed by atoms with Crippen molar-refractivity contribution in [1.29, 1.82) is 0 Å². The lowest BCUT2D eigenvalue weighted by molar-refractivity contribution is -0.429. The first-order valence-corrected chi connectivity index (χ1v) is 16.8. The molecule has 0 amide bonds. The Hall–Kier alpha value is -3.99. The van der Waals surface area contributed by atoms with Crippen LogP contribution in [0.3, 0.4) is 0 Å². The minimum atomic E-state index is -4.08. The van der Waals surface area contributed by atoms with Crippen LogP contribution in [0.15, 0.2) is 146 Å². The second-order valence-electron chi connectivity index (χ2n) is 12.1. The molecule has 0 aromatic heterocycles. The average molecular weight is 701 g/mol. The SMILES string of the molecule is O[C@@]1(C(F)(F)c2ccccc2Cl)O[C@H](COCc2ccccc2)[C@@H](OCc2ccccc2)[C@H](OCc2ccccc2)[C@H]1OCc1ccccc1. The highest BCUT2D eigenvalue weighted by Crippen LogP contribution is 2.50. The molecule has 5 aromatic rings. The molecule has 0 unspecified atom stereocenters. The van der Waals surface area contributed by atoms with E-state index in [0.717, 1.165) is 22.8 Å². The van der Waals surface area contributed by atoms with E-state index in [-0.39, 0.29) is 38.1 Å². The van der Waals surface area contributed by atoms with Gasteiger partial charge in [-0.2, -0.15) is 8.78 Å². The van der Waals surface area contributed by atoms with E-state index < -0.39 is 41.7 Å². The fraction of sp³-hybridized carbons (Fsp3) is 0.268. The molecule has 0 saturated carbocycles. The predicted molar refractivity (Wildman–Crippen MR) is 186 cm³/mol. The van der Waals surface area contributed by atoms with Crippen LogP contribution < -0.4 is 0 Å². The quantitative estimate of drug-likeness (QED) is 0.118. The Morgan fingerprint density at radius 3 is 1.50 bits per heavy atom. The normalized spacial score (nSPS) is 22.3. The second-order valence-corrected chi connectivity index (χ2v) is 12.6. The van der Waals surface area contributed by atoms with Crippen LogP contribution in [0.1, 0.15) is 27.8 Å². The monoisotopic (exact) mass is 700 g/mol. The summed E-state index contributed by atoms with van der Waals surface area (Å²) in [4.78, 5) is 0. The first-order chi connectivity index (χ1) is 24.3. The molecule has 1 saturated heterocycles. The molecule has 1 N–H and O–H groups in total. The molecule has 0 aliphatic carbocycles. The van der Waals surface area contributed by atoms with Gasteiger partial charge in [0.1, 0.15) is 24.4 Å². The maximum atomic E-state index is 17.1. The van der Waals surface area contributed by atoms with Crippen molar-refractivity contribution in [2.24, 2.45) is 0 Å². The Kier molecular flexibility index (Phi) is 12.0. The predicted octanol–water partition coefficient (Wildman–Crippen LogP) is 8.49. The van der Waals surface area contributed by atoms with Crippen LogP contribution in [-0.2, 0) is 56.0 Å². The van der Waals surface area contributed by atoms with Crippen LogP contribution in [0.5, 0.6) is 0 Å². The standard InChI is InChI=1S/C41H39ClF2O6/c42-35-24-14-13-23-34(35)40(43,44)41(45)39(49-28-33-21-11-4-12-22-33)38(48-27-32-19-9-3-10-20-32)37(47-26-31-17-7-2-8-18-31)36(50-41)29-46-25-30-15-5-1-6-16-30/h1-24,36-39,45H,25-29H2/t36-,37-,38+,39-,41-/m1/s1. The number of aliphatic hydroxyl groups is 1. The van der Waals surface area contributed by atoms with Crippen LogP contribution in [-0.4, -0.2) is 41.9 Å². The van der Waals surface area contributed by atoms with Crippen molar-refractivity contribution in [3.05, 3.63) is 178 Å². The number of ether oxygens (including phenoxy) is 5. The highest BCUT2D eigenvalue weighted by atomic mass is 35.5. The smallest absolute Gasteiger partial charge is 0.330 e. The third-order valence-corrected chi connectivity index (χ3v) is 8.93. The Balaban J connectivity index is 1.42. The van der Waals surface area contributed by atoms with Crippen molar-refractivity contribution in [2.75, 3.05) is 6.61 Å². The van der Waals surface area contributed by atoms with Gasteiger partial charge in [-0.3, -0.25) is 0 Å². The molecule has 6 nitrogen and oxygen atoms in total. The average Bonchev–Trinajstić information content (AvgIpc) is 3.15. The van der Waals surface area contributed by atoms with Crippen LogP contribution in [0, 0.1) is 0 Å². The van der Waals surface area contributed by atoms with Gasteiger partial charge in [-0.15, -0.1) is 0 Å². The molecule has 0 radical (unpaired) electrons. The van der Waals surface area contributed by atoms with E-state index in [4.69, 9.17) is 35.3 Å². The third-order valence-electron chi connectivity index (χ3n) is 8.60. The maximum absolute atomic E-state index is 17.1. The molecule has 1 heterocycles. The number of alkyl halides is 2. The fourth-order valence-corrected chi connectivity index (χ4v) is 6.27. The van der Waals surface area contributed by atoms with Gasteiger partial charge in [-0.25, -0.2) is 0 Å². The Labute approximate surface area is 296 Å². The topological polar surface area (TPSA) is 66.4 Å². The molecule has 0 spiro atoms. The highest BCUT2D eigenvalue weighted by Gasteiger charge is 2.69. The summed E-state index contributed by atoms with van der Waals surface area (Å²) in [6.45, 7) is -0.0183. The van der Waals surface area contributed by atoms with Gasteiger partial charge < -0.3 is 28.8 Å². The zero-order chi connectivity index (χ0) is 34.8. The van der Waals surface area contributed by atoms with E-state index in [9.17, 15) is 5.11 Å². The van der Waals surface area contributed by atoms with Crippen LogP contribution >= 0.6 is 11.6 Å². The van der Waals surface area contributed by atoms with E-state index in [1.54, 1.807) is 12.1 Å². The largest absolute Gasteiger partial charge is 0.374 e. The van der Waals surface area contributed by atoms with Crippen LogP contribution in [0.2, 0.25) is 5.02 Å². The molecule has 260 valence electrons. The molecule has 1 fully saturated rings. The van der Waals surface area contributed by atoms with E-state index in [1.165, 1.54) is 18.2 Å². The minimum absolute atomic E-state index is 0.0211. The Bertz CT molecular complexity index is 1750. The summed E-state index contributed by atoms with van der Waals surface area (Å²) in [5, 5.41) is 12.2. The van der Waals surface area contributed by atoms with E-state index in [2.05, 4.69) is 0 Å². The van der Waals surface area contributed by atoms with Gasteiger partial charge in [0.05, 0.1) is 33.0 Å². The summed E-state index contributed by atoms with van der Waals surface area (Å²) in [6.07, 6.45) is -5.26. The molecule has 1 aliphatic rings. The molecule has 6 rings (SSSR count). The lowest BCUT2D eigenvalue weighted by Gasteiger charge is -2.52. The maximum Gasteiger partial charge on any atom is 0.330 e. The molecule has 5 atom stereocenters. The van der Waals surface area contributed by atoms with Crippen molar-refractivity contribution in [3.63, 3.8) is 0 Å². The van der Waals surface area contributed by atoms with Crippen LogP contribution in [0.25, 0.3) is 0 Å². The molecular formula is C41H39ClF2O6. The molecule has 0 bridgehead atoms. The van der Waals surface area contributed by atoms with Crippen molar-refractivity contribution < 1.29 is 37.6 Å². The Morgan fingerprint density at radius 2 is 1.00 bits per heavy atom. The summed E-state index contributed by atoms with van der Waals surface area (Å²) in [7, 11) is 0. The minimum Gasteiger partial charge on any atom is -0.374 e. The van der Waals surface area contributed by atoms with Gasteiger partial charge >= 0.3 is 5.92 Å². The van der Waals surface area contributed by atoms with Crippen molar-refractivity contribution in [2.45, 2.75) is 62.6 Å². The van der Waals surface area contributed by atoms with Gasteiger partial charge in [0.2, 0.25) is 0 Å². The summed E-state index contributed by atoms with van der Waals surface area (Å²) in [5.74, 6) is -7.36. The third kappa shape index (κ3) is 8.48. The number of hydrogen-bond donors (Lipinski definition) is 1. The van der Waals surface area contributed by atoms with E-state index in [1.807, 2.05) is 109 Å². The zero-order valence-corrected chi connectivity index (χ0v) is 28.1. The van der Waals surface area contributed by atoms with Gasteiger partial charge in [-0.1, -0.05) is 151 Å². The molecule has 5 aromatic carbocycles. The summed E-state index contributed by atoms with van der Waals surface area (Å²) >= 11 is 6.35. The molecule has 9 heteroatoms. The van der Waals surface area contributed by atoms with Crippen molar-refractivity contribution >= 4 is 11.6 Å². The number of halogens is 3. The van der Waals surface area contributed by atoms with Gasteiger partial charge in [0.25, 0.3) is 5.79 Å². The second kappa shape index (κ2) is 16.8. The lowest BCUT2D eigenvalue weighted by atomic mass is 9.85. The first kappa shape index (κ1) is 35.8. The van der Waals surface area contributed by atoms with E-state index >= 15 is 8.78 Å². The Morgan fingerprint density at radius 1 is 0.580 bits per heavy atom. The number of hydrogen-bond acceptors (Lipinski definition) is 6. The molecular weight excluding hydrogens is 662 g/mol. The van der Waals surface area contributed by atoms with Gasteiger partial charge in [-0.05, 0) is 28.3 Å². The summed E-state index contributed by atoms with van der Waals surface area (Å²) < 4.78 is 65.7. The lowest BCUT2D eigenvalue weighted by Crippen LogP contribution is -2.72. The van der Waals surface area contributed by atoms with Crippen molar-refractivity contribution in [1.82, 2.24) is 0 Å². The van der Waals surface area contributed by atoms with E-state index in [0.29, 0.717) is 5.56 Å². The highest BCUT2D eigenvalue weighted by molar-refractivity contribution is 6.31. The van der Waals surface area contributed by atoms with Crippen molar-refractivity contribution in [3.8, 4) is 0 Å².